The molecule has 0 bridgehead atoms. The number of nitrogens with zero attached hydrogens (tertiary/aromatic N) is 3. The molecule has 1 unspecified atom stereocenters. The molecule has 1 aliphatic carbocycles. The van der Waals surface area contributed by atoms with Crippen molar-refractivity contribution in [1.82, 2.24) is 14.5 Å². The lowest BCUT2D eigenvalue weighted by Gasteiger charge is -2.26. The first-order valence-electron chi connectivity index (χ1n) is 9.50. The van der Waals surface area contributed by atoms with E-state index in [-0.39, 0.29) is 5.92 Å². The number of imidazole rings is 1. The lowest BCUT2D eigenvalue weighted by atomic mass is 9.88. The van der Waals surface area contributed by atoms with Crippen LogP contribution < -0.4 is 0 Å². The summed E-state index contributed by atoms with van der Waals surface area (Å²) in [6.07, 6.45) is 9.92. The first kappa shape index (κ1) is 17.5. The van der Waals surface area contributed by atoms with Crippen LogP contribution in [-0.2, 0) is 16.1 Å². The first-order chi connectivity index (χ1) is 11.7. The highest BCUT2D eigenvalue weighted by Gasteiger charge is 2.33. The highest BCUT2D eigenvalue weighted by Crippen LogP contribution is 2.31. The SMILES string of the molecule is COCCCn1c(C)cnc1C1CCN(C(=O)C2CCCCC2)C1. The number of ether oxygens (including phenoxy) is 1. The Hall–Kier alpha value is -1.36. The van der Waals surface area contributed by atoms with E-state index in [0.29, 0.717) is 11.8 Å². The Morgan fingerprint density at radius 2 is 2.08 bits per heavy atom. The number of aryl methyl sites for hydroxylation is 1. The molecule has 2 heterocycles. The molecule has 134 valence electrons. The van der Waals surface area contributed by atoms with Crippen molar-refractivity contribution < 1.29 is 9.53 Å². The molecule has 1 saturated heterocycles. The number of carbonyl (C=O) groups is 1. The van der Waals surface area contributed by atoms with Gasteiger partial charge in [0.1, 0.15) is 5.82 Å². The van der Waals surface area contributed by atoms with E-state index in [1.165, 1.54) is 25.0 Å². The number of methoxy groups -OCH3 is 1. The van der Waals surface area contributed by atoms with E-state index in [0.717, 1.165) is 57.7 Å². The standard InChI is InChI=1S/C19H31N3O2/c1-15-13-20-18(22(15)10-6-12-24-2)17-9-11-21(14-17)19(23)16-7-4-3-5-8-16/h13,16-17H,3-12,14H2,1-2H3. The summed E-state index contributed by atoms with van der Waals surface area (Å²) in [5.41, 5.74) is 1.21. The summed E-state index contributed by atoms with van der Waals surface area (Å²) in [4.78, 5) is 19.5. The summed E-state index contributed by atoms with van der Waals surface area (Å²) >= 11 is 0. The van der Waals surface area contributed by atoms with Gasteiger partial charge >= 0.3 is 0 Å². The highest BCUT2D eigenvalue weighted by molar-refractivity contribution is 5.79. The predicted octanol–water partition coefficient (Wildman–Crippen LogP) is 3.12. The van der Waals surface area contributed by atoms with E-state index in [9.17, 15) is 4.79 Å². The average Bonchev–Trinajstić information content (AvgIpc) is 3.23. The van der Waals surface area contributed by atoms with Crippen LogP contribution in [-0.4, -0.2) is 47.2 Å². The zero-order valence-electron chi connectivity index (χ0n) is 15.2. The third kappa shape index (κ3) is 3.82. The summed E-state index contributed by atoms with van der Waals surface area (Å²) in [5, 5.41) is 0. The number of aromatic nitrogens is 2. The smallest absolute Gasteiger partial charge is 0.225 e. The zero-order chi connectivity index (χ0) is 16.9. The molecule has 1 saturated carbocycles. The molecule has 0 N–H and O–H groups in total. The van der Waals surface area contributed by atoms with Gasteiger partial charge in [0.15, 0.2) is 0 Å². The molecule has 1 aromatic rings. The van der Waals surface area contributed by atoms with Crippen molar-refractivity contribution in [3.05, 3.63) is 17.7 Å². The van der Waals surface area contributed by atoms with Crippen LogP contribution in [0.15, 0.2) is 6.20 Å². The first-order valence-corrected chi connectivity index (χ1v) is 9.50. The minimum Gasteiger partial charge on any atom is -0.385 e. The molecule has 1 aromatic heterocycles. The van der Waals surface area contributed by atoms with Crippen molar-refractivity contribution in [2.75, 3.05) is 26.8 Å². The monoisotopic (exact) mass is 333 g/mol. The van der Waals surface area contributed by atoms with Crippen molar-refractivity contribution in [3.63, 3.8) is 0 Å². The Labute approximate surface area is 145 Å². The number of likely N-dealkylation sites (tertiary alicyclic amines) is 1. The van der Waals surface area contributed by atoms with E-state index in [2.05, 4.69) is 21.4 Å². The summed E-state index contributed by atoms with van der Waals surface area (Å²) < 4.78 is 7.49. The number of rotatable bonds is 6. The maximum atomic E-state index is 12.8. The Morgan fingerprint density at radius 3 is 2.83 bits per heavy atom. The van der Waals surface area contributed by atoms with Crippen LogP contribution in [0.5, 0.6) is 0 Å². The molecule has 5 nitrogen and oxygen atoms in total. The normalized spacial score (nSPS) is 22.2. The summed E-state index contributed by atoms with van der Waals surface area (Å²) in [5.74, 6) is 2.21. The Morgan fingerprint density at radius 1 is 1.29 bits per heavy atom. The number of carbonyl (C=O) groups excluding carboxylic acids is 1. The molecule has 1 atom stereocenters. The van der Waals surface area contributed by atoms with E-state index in [1.807, 2.05) is 6.20 Å². The van der Waals surface area contributed by atoms with Gasteiger partial charge in [0.05, 0.1) is 0 Å². The van der Waals surface area contributed by atoms with Crippen LogP contribution in [0.1, 0.15) is 62.4 Å². The maximum absolute atomic E-state index is 12.8. The predicted molar refractivity (Wildman–Crippen MR) is 94.0 cm³/mol. The molecular weight excluding hydrogens is 302 g/mol. The van der Waals surface area contributed by atoms with Crippen LogP contribution in [0, 0.1) is 12.8 Å². The summed E-state index contributed by atoms with van der Waals surface area (Å²) in [7, 11) is 1.74. The molecule has 2 aliphatic rings. The van der Waals surface area contributed by atoms with Crippen molar-refractivity contribution in [3.8, 4) is 0 Å². The molecule has 0 spiro atoms. The van der Waals surface area contributed by atoms with Gasteiger partial charge in [-0.25, -0.2) is 4.98 Å². The van der Waals surface area contributed by atoms with E-state index >= 15 is 0 Å². The average molecular weight is 333 g/mol. The van der Waals surface area contributed by atoms with Crippen molar-refractivity contribution in [2.45, 2.75) is 64.3 Å². The Balaban J connectivity index is 1.62. The summed E-state index contributed by atoms with van der Waals surface area (Å²) in [6.45, 7) is 5.57. The number of hydrogen-bond acceptors (Lipinski definition) is 3. The Kier molecular flexibility index (Phi) is 5.93. The van der Waals surface area contributed by atoms with Crippen LogP contribution in [0.2, 0.25) is 0 Å². The van der Waals surface area contributed by atoms with Crippen molar-refractivity contribution in [1.29, 1.82) is 0 Å². The van der Waals surface area contributed by atoms with Gasteiger partial charge in [-0.1, -0.05) is 19.3 Å². The fourth-order valence-corrected chi connectivity index (χ4v) is 4.24. The quantitative estimate of drug-likeness (QED) is 0.752. The van der Waals surface area contributed by atoms with Gasteiger partial charge < -0.3 is 14.2 Å². The van der Waals surface area contributed by atoms with Crippen molar-refractivity contribution >= 4 is 5.91 Å². The third-order valence-electron chi connectivity index (χ3n) is 5.64. The fourth-order valence-electron chi connectivity index (χ4n) is 4.24. The van der Waals surface area contributed by atoms with Crippen LogP contribution in [0.4, 0.5) is 0 Å². The minimum absolute atomic E-state index is 0.278. The number of amides is 1. The van der Waals surface area contributed by atoms with Crippen molar-refractivity contribution in [2.24, 2.45) is 5.92 Å². The molecular formula is C19H31N3O2. The highest BCUT2D eigenvalue weighted by atomic mass is 16.5. The van der Waals surface area contributed by atoms with E-state index in [1.54, 1.807) is 7.11 Å². The largest absolute Gasteiger partial charge is 0.385 e. The van der Waals surface area contributed by atoms with Gasteiger partial charge in [-0.3, -0.25) is 4.79 Å². The molecule has 0 aromatic carbocycles. The van der Waals surface area contributed by atoms with E-state index < -0.39 is 0 Å². The molecule has 1 amide bonds. The number of hydrogen-bond donors (Lipinski definition) is 0. The van der Waals surface area contributed by atoms with Gasteiger partial charge in [0.25, 0.3) is 0 Å². The topological polar surface area (TPSA) is 47.4 Å². The molecule has 1 aliphatic heterocycles. The van der Waals surface area contributed by atoms with Gasteiger partial charge in [0.2, 0.25) is 5.91 Å². The zero-order valence-corrected chi connectivity index (χ0v) is 15.2. The molecule has 5 heteroatoms. The van der Waals surface area contributed by atoms with Gasteiger partial charge in [0, 0.05) is 57.1 Å². The molecule has 24 heavy (non-hydrogen) atoms. The minimum atomic E-state index is 0.278. The van der Waals surface area contributed by atoms with E-state index in [4.69, 9.17) is 4.74 Å². The van der Waals surface area contributed by atoms with Gasteiger partial charge in [-0.05, 0) is 32.6 Å². The molecule has 0 radical (unpaired) electrons. The summed E-state index contributed by atoms with van der Waals surface area (Å²) in [6, 6.07) is 0. The second kappa shape index (κ2) is 8.15. The van der Waals surface area contributed by atoms with Gasteiger partial charge in [-0.15, -0.1) is 0 Å². The lowest BCUT2D eigenvalue weighted by molar-refractivity contribution is -0.135. The van der Waals surface area contributed by atoms with Crippen LogP contribution in [0.3, 0.4) is 0 Å². The lowest BCUT2D eigenvalue weighted by Crippen LogP contribution is -2.35. The van der Waals surface area contributed by atoms with Crippen LogP contribution >= 0.6 is 0 Å². The second-order valence-corrected chi connectivity index (χ2v) is 7.36. The Bertz CT molecular complexity index is 549. The third-order valence-corrected chi connectivity index (χ3v) is 5.64. The molecule has 2 fully saturated rings. The van der Waals surface area contributed by atoms with Gasteiger partial charge in [-0.2, -0.15) is 0 Å². The molecule has 3 rings (SSSR count). The van der Waals surface area contributed by atoms with Crippen LogP contribution in [0.25, 0.3) is 0 Å². The maximum Gasteiger partial charge on any atom is 0.225 e. The fraction of sp³-hybridized carbons (Fsp3) is 0.789. The second-order valence-electron chi connectivity index (χ2n) is 7.36.